The topological polar surface area (TPSA) is 104 Å². The van der Waals surface area contributed by atoms with Crippen LogP contribution in [0.5, 0.6) is 5.75 Å². The van der Waals surface area contributed by atoms with Gasteiger partial charge in [0.15, 0.2) is 4.67 Å². The summed E-state index contributed by atoms with van der Waals surface area (Å²) >= 11 is 3.18. The Kier molecular flexibility index (Phi) is 7.88. The van der Waals surface area contributed by atoms with Gasteiger partial charge in [-0.1, -0.05) is 18.6 Å². The lowest BCUT2D eigenvalue weighted by Gasteiger charge is -2.06. The molecule has 2 rings (SSSR count). The van der Waals surface area contributed by atoms with Crippen molar-refractivity contribution in [2.24, 2.45) is 5.10 Å². The molecule has 0 saturated carbocycles. The van der Waals surface area contributed by atoms with E-state index >= 15 is 0 Å². The monoisotopic (exact) mass is 421 g/mol. The van der Waals surface area contributed by atoms with Crippen molar-refractivity contribution in [2.45, 2.75) is 32.1 Å². The molecule has 1 aromatic heterocycles. The molecule has 0 aliphatic rings. The molecule has 0 radical (unpaired) electrons. The van der Waals surface area contributed by atoms with Crippen molar-refractivity contribution in [3.05, 3.63) is 46.8 Å². The van der Waals surface area contributed by atoms with E-state index in [2.05, 4.69) is 31.8 Å². The number of phenolic OH excluding ortho intramolecular Hbond substituents is 1. The predicted octanol–water partition coefficient (Wildman–Crippen LogP) is 3.79. The Labute approximate surface area is 159 Å². The minimum Gasteiger partial charge on any atom is -0.506 e. The van der Waals surface area contributed by atoms with Crippen LogP contribution >= 0.6 is 15.9 Å². The van der Waals surface area contributed by atoms with E-state index in [1.165, 1.54) is 12.3 Å². The maximum absolute atomic E-state index is 11.8. The van der Waals surface area contributed by atoms with Crippen LogP contribution in [0.4, 0.5) is 5.69 Å². The van der Waals surface area contributed by atoms with Gasteiger partial charge in [-0.25, -0.2) is 5.43 Å². The summed E-state index contributed by atoms with van der Waals surface area (Å²) in [7, 11) is 0. The van der Waals surface area contributed by atoms with E-state index < -0.39 is 0 Å². The molecule has 0 atom stereocenters. The highest BCUT2D eigenvalue weighted by atomic mass is 79.9. The van der Waals surface area contributed by atoms with Gasteiger partial charge < -0.3 is 14.8 Å². The molecule has 1 aromatic carbocycles. The van der Waals surface area contributed by atoms with Crippen LogP contribution in [0.1, 0.15) is 37.9 Å². The molecule has 26 heavy (non-hydrogen) atoms. The average molecular weight is 422 g/mol. The third-order valence-corrected chi connectivity index (χ3v) is 3.89. The fourth-order valence-electron chi connectivity index (χ4n) is 2.16. The van der Waals surface area contributed by atoms with Crippen LogP contribution in [-0.4, -0.2) is 23.1 Å². The van der Waals surface area contributed by atoms with Crippen molar-refractivity contribution < 1.29 is 19.1 Å². The van der Waals surface area contributed by atoms with Crippen LogP contribution in [0.3, 0.4) is 0 Å². The van der Waals surface area contributed by atoms with Gasteiger partial charge in [0.2, 0.25) is 11.8 Å². The number of amides is 2. The lowest BCUT2D eigenvalue weighted by Crippen LogP contribution is -2.17. The summed E-state index contributed by atoms with van der Waals surface area (Å²) in [5, 5.41) is 16.1. The van der Waals surface area contributed by atoms with Gasteiger partial charge in [0.05, 0.1) is 11.9 Å². The number of nitrogens with zero attached hydrogens (tertiary/aromatic N) is 1. The number of carbonyl (C=O) groups excluding carboxylic acids is 2. The second-order valence-corrected chi connectivity index (χ2v) is 6.34. The Bertz CT molecular complexity index is 773. The van der Waals surface area contributed by atoms with Gasteiger partial charge in [-0.3, -0.25) is 9.59 Å². The maximum Gasteiger partial charge on any atom is 0.240 e. The van der Waals surface area contributed by atoms with Gasteiger partial charge in [0.25, 0.3) is 0 Å². The molecule has 0 aliphatic carbocycles. The van der Waals surface area contributed by atoms with E-state index in [-0.39, 0.29) is 17.6 Å². The number of carbonyl (C=O) groups is 2. The van der Waals surface area contributed by atoms with E-state index in [1.807, 2.05) is 0 Å². The zero-order valence-corrected chi connectivity index (χ0v) is 15.7. The van der Waals surface area contributed by atoms with Gasteiger partial charge >= 0.3 is 0 Å². The first-order valence-electron chi connectivity index (χ1n) is 8.19. The Morgan fingerprint density at radius 3 is 2.50 bits per heavy atom. The van der Waals surface area contributed by atoms with E-state index in [0.29, 0.717) is 41.8 Å². The van der Waals surface area contributed by atoms with E-state index in [9.17, 15) is 14.7 Å². The van der Waals surface area contributed by atoms with Crippen molar-refractivity contribution in [1.29, 1.82) is 0 Å². The number of hydrogen-bond acceptors (Lipinski definition) is 5. The summed E-state index contributed by atoms with van der Waals surface area (Å²) < 4.78 is 5.81. The zero-order valence-electron chi connectivity index (χ0n) is 14.1. The molecule has 0 fully saturated rings. The molecule has 8 heteroatoms. The van der Waals surface area contributed by atoms with Crippen LogP contribution in [0.25, 0.3) is 0 Å². The standard InChI is InChI=1S/C18H20BrN3O4/c19-16-11-10-13(26-16)12-20-22-18(25)9-3-1-2-8-17(24)21-14-6-4-5-7-15(14)23/h4-7,10-12,23H,1-3,8-9H2,(H,21,24)(H,22,25)/b20-12+. The SMILES string of the molecule is O=C(CCCCCC(=O)Nc1ccccc1O)N/N=C/c1ccc(Br)o1. The number of furan rings is 1. The van der Waals surface area contributed by atoms with Crippen LogP contribution in [0, 0.1) is 0 Å². The zero-order chi connectivity index (χ0) is 18.8. The molecule has 0 unspecified atom stereocenters. The van der Waals surface area contributed by atoms with Gasteiger partial charge in [-0.2, -0.15) is 5.10 Å². The number of halogens is 1. The smallest absolute Gasteiger partial charge is 0.240 e. The molecule has 1 heterocycles. The molecular formula is C18H20BrN3O4. The van der Waals surface area contributed by atoms with Crippen LogP contribution in [-0.2, 0) is 9.59 Å². The first-order valence-corrected chi connectivity index (χ1v) is 8.99. The highest BCUT2D eigenvalue weighted by Crippen LogP contribution is 2.21. The molecule has 0 saturated heterocycles. The number of anilines is 1. The van der Waals surface area contributed by atoms with E-state index in [4.69, 9.17) is 4.42 Å². The first kappa shape index (κ1) is 19.7. The average Bonchev–Trinajstić information content (AvgIpc) is 3.02. The minimum absolute atomic E-state index is 0.0416. The highest BCUT2D eigenvalue weighted by Gasteiger charge is 2.06. The van der Waals surface area contributed by atoms with Crippen LogP contribution in [0.2, 0.25) is 0 Å². The van der Waals surface area contributed by atoms with Crippen LogP contribution < -0.4 is 10.7 Å². The van der Waals surface area contributed by atoms with Gasteiger partial charge in [-0.15, -0.1) is 0 Å². The molecule has 3 N–H and O–H groups in total. The molecule has 0 spiro atoms. The quantitative estimate of drug-likeness (QED) is 0.248. The highest BCUT2D eigenvalue weighted by molar-refractivity contribution is 9.10. The number of unbranched alkanes of at least 4 members (excludes halogenated alkanes) is 2. The third kappa shape index (κ3) is 7.10. The fourth-order valence-corrected chi connectivity index (χ4v) is 2.48. The summed E-state index contributed by atoms with van der Waals surface area (Å²) in [4.78, 5) is 23.4. The lowest BCUT2D eigenvalue weighted by atomic mass is 10.1. The van der Waals surface area contributed by atoms with Crippen LogP contribution in [0.15, 0.2) is 50.6 Å². The summed E-state index contributed by atoms with van der Waals surface area (Å²) in [5.41, 5.74) is 2.83. The molecule has 0 aliphatic heterocycles. The number of phenols is 1. The van der Waals surface area contributed by atoms with Crippen molar-refractivity contribution in [1.82, 2.24) is 5.43 Å². The predicted molar refractivity (Wildman–Crippen MR) is 102 cm³/mol. The molecule has 138 valence electrons. The van der Waals surface area contributed by atoms with Crippen molar-refractivity contribution >= 4 is 39.6 Å². The number of aromatic hydroxyl groups is 1. The number of para-hydroxylation sites is 2. The fraction of sp³-hybridized carbons (Fsp3) is 0.278. The van der Waals surface area contributed by atoms with Crippen molar-refractivity contribution in [3.8, 4) is 5.75 Å². The van der Waals surface area contributed by atoms with Gasteiger partial charge in [0.1, 0.15) is 11.5 Å². The molecular weight excluding hydrogens is 402 g/mol. The molecule has 2 amide bonds. The summed E-state index contributed by atoms with van der Waals surface area (Å²) in [6, 6.07) is 10.0. The van der Waals surface area contributed by atoms with E-state index in [0.717, 1.165) is 6.42 Å². The molecule has 2 aromatic rings. The normalized spacial score (nSPS) is 10.8. The Hall–Kier alpha value is -2.61. The Morgan fingerprint density at radius 1 is 1.08 bits per heavy atom. The van der Waals surface area contributed by atoms with Gasteiger partial charge in [0, 0.05) is 12.8 Å². The first-order chi connectivity index (χ1) is 12.5. The third-order valence-electron chi connectivity index (χ3n) is 3.46. The number of hydrogen-bond donors (Lipinski definition) is 3. The lowest BCUT2D eigenvalue weighted by molar-refractivity contribution is -0.121. The second kappa shape index (κ2) is 10.4. The molecule has 7 nitrogen and oxygen atoms in total. The largest absolute Gasteiger partial charge is 0.506 e. The summed E-state index contributed by atoms with van der Waals surface area (Å²) in [6.45, 7) is 0. The number of nitrogens with one attached hydrogen (secondary N) is 2. The van der Waals surface area contributed by atoms with Crippen molar-refractivity contribution in [3.63, 3.8) is 0 Å². The number of hydrazone groups is 1. The Morgan fingerprint density at radius 2 is 1.81 bits per heavy atom. The number of benzene rings is 1. The van der Waals surface area contributed by atoms with E-state index in [1.54, 1.807) is 30.3 Å². The maximum atomic E-state index is 11.8. The Balaban J connectivity index is 1.55. The minimum atomic E-state index is -0.189. The summed E-state index contributed by atoms with van der Waals surface area (Å²) in [5.74, 6) is 0.225. The summed E-state index contributed by atoms with van der Waals surface area (Å²) in [6.07, 6.45) is 4.16. The number of rotatable bonds is 9. The second-order valence-electron chi connectivity index (χ2n) is 5.56. The van der Waals surface area contributed by atoms with Crippen molar-refractivity contribution in [2.75, 3.05) is 5.32 Å². The molecule has 0 bridgehead atoms. The van der Waals surface area contributed by atoms with Gasteiger partial charge in [-0.05, 0) is 53.0 Å².